The summed E-state index contributed by atoms with van der Waals surface area (Å²) >= 11 is 6.11. The Balaban J connectivity index is 1.82. The molecule has 1 amide bonds. The lowest BCUT2D eigenvalue weighted by Gasteiger charge is -2.21. The van der Waals surface area contributed by atoms with Crippen molar-refractivity contribution in [2.75, 3.05) is 5.32 Å². The molecule has 2 aromatic carbocycles. The van der Waals surface area contributed by atoms with Crippen LogP contribution >= 0.6 is 11.6 Å². The number of carbonyl (C=O) groups excluding carboxylic acids is 1. The number of nitrogens with one attached hydrogen (secondary N) is 2. The predicted octanol–water partition coefficient (Wildman–Crippen LogP) is 4.46. The Morgan fingerprint density at radius 1 is 1.00 bits per heavy atom. The number of benzene rings is 2. The van der Waals surface area contributed by atoms with Crippen LogP contribution in [0.4, 0.5) is 5.69 Å². The monoisotopic (exact) mass is 467 g/mol. The summed E-state index contributed by atoms with van der Waals surface area (Å²) in [5.74, 6) is 5.49. The van der Waals surface area contributed by atoms with Crippen molar-refractivity contribution in [3.8, 4) is 11.8 Å². The first kappa shape index (κ1) is 23.5. The maximum absolute atomic E-state index is 12.8. The molecule has 2 N–H and O–H groups in total. The number of aromatic nitrogens is 1. The number of nitrogens with zero attached hydrogens (tertiary/aromatic N) is 1. The van der Waals surface area contributed by atoms with Gasteiger partial charge in [0, 0.05) is 28.6 Å². The third-order valence-corrected chi connectivity index (χ3v) is 6.28. The Morgan fingerprint density at radius 3 is 2.47 bits per heavy atom. The molecule has 1 heterocycles. The van der Waals surface area contributed by atoms with E-state index in [0.29, 0.717) is 16.9 Å². The highest BCUT2D eigenvalue weighted by molar-refractivity contribution is 7.89. The Morgan fingerprint density at radius 2 is 1.78 bits per heavy atom. The molecule has 0 fully saturated rings. The third kappa shape index (κ3) is 6.41. The van der Waals surface area contributed by atoms with Crippen molar-refractivity contribution in [1.29, 1.82) is 0 Å². The molecule has 0 unspecified atom stereocenters. The Bertz CT molecular complexity index is 1310. The van der Waals surface area contributed by atoms with Crippen molar-refractivity contribution in [2.45, 2.75) is 31.2 Å². The first-order valence-electron chi connectivity index (χ1n) is 9.71. The molecule has 1 aromatic heterocycles. The lowest BCUT2D eigenvalue weighted by atomic mass is 10.1. The fraction of sp³-hybridized carbons (Fsp3) is 0.167. The molecule has 0 saturated carbocycles. The van der Waals surface area contributed by atoms with Crippen molar-refractivity contribution in [3.63, 3.8) is 0 Å². The lowest BCUT2D eigenvalue weighted by Crippen LogP contribution is -2.40. The van der Waals surface area contributed by atoms with Crippen molar-refractivity contribution < 1.29 is 13.2 Å². The molecule has 0 aliphatic carbocycles. The van der Waals surface area contributed by atoms with Gasteiger partial charge in [0.05, 0.1) is 5.02 Å². The van der Waals surface area contributed by atoms with Crippen LogP contribution in [-0.4, -0.2) is 24.8 Å². The van der Waals surface area contributed by atoms with Crippen LogP contribution in [0.15, 0.2) is 71.8 Å². The molecule has 3 aromatic rings. The topological polar surface area (TPSA) is 88.2 Å². The van der Waals surface area contributed by atoms with Gasteiger partial charge in [0.25, 0.3) is 5.91 Å². The molecule has 6 nitrogen and oxygen atoms in total. The van der Waals surface area contributed by atoms with Crippen LogP contribution in [-0.2, 0) is 10.0 Å². The largest absolute Gasteiger partial charge is 0.322 e. The molecule has 0 saturated heterocycles. The van der Waals surface area contributed by atoms with E-state index in [0.717, 1.165) is 0 Å². The highest BCUT2D eigenvalue weighted by Crippen LogP contribution is 2.24. The maximum Gasteiger partial charge on any atom is 0.255 e. The second-order valence-corrected chi connectivity index (χ2v) is 10.1. The summed E-state index contributed by atoms with van der Waals surface area (Å²) in [5.41, 5.74) is 1.32. The van der Waals surface area contributed by atoms with Gasteiger partial charge in [-0.05, 0) is 75.2 Å². The highest BCUT2D eigenvalue weighted by atomic mass is 35.5. The standard InChI is InChI=1S/C24H22ClN3O3S/c1-24(2,3)28-32(30,31)22-16-18(11-13-21(22)25)23(29)27-20-9-6-7-17(15-20)10-12-19-8-4-5-14-26-19/h4-9,11,13-16,28H,1-3H3,(H,27,29). The molecule has 164 valence electrons. The molecule has 0 aliphatic rings. The van der Waals surface area contributed by atoms with E-state index in [-0.39, 0.29) is 15.5 Å². The minimum atomic E-state index is -3.90. The van der Waals surface area contributed by atoms with E-state index in [2.05, 4.69) is 26.9 Å². The molecule has 0 atom stereocenters. The van der Waals surface area contributed by atoms with Crippen molar-refractivity contribution in [2.24, 2.45) is 0 Å². The summed E-state index contributed by atoms with van der Waals surface area (Å²) in [4.78, 5) is 16.8. The van der Waals surface area contributed by atoms with Crippen molar-refractivity contribution in [3.05, 3.63) is 88.7 Å². The second-order valence-electron chi connectivity index (χ2n) is 8.00. The van der Waals surface area contributed by atoms with E-state index < -0.39 is 21.5 Å². The van der Waals surface area contributed by atoms with Gasteiger partial charge in [0.1, 0.15) is 10.6 Å². The molecule has 0 spiro atoms. The van der Waals surface area contributed by atoms with Crippen LogP contribution in [0.1, 0.15) is 42.4 Å². The molecule has 0 aliphatic heterocycles. The molecule has 8 heteroatoms. The lowest BCUT2D eigenvalue weighted by molar-refractivity contribution is 0.102. The average molecular weight is 468 g/mol. The zero-order valence-corrected chi connectivity index (χ0v) is 19.4. The Kier molecular flexibility index (Phi) is 6.99. The van der Waals surface area contributed by atoms with Crippen LogP contribution in [0.25, 0.3) is 0 Å². The number of hydrogen-bond donors (Lipinski definition) is 2. The molecule has 32 heavy (non-hydrogen) atoms. The van der Waals surface area contributed by atoms with E-state index in [9.17, 15) is 13.2 Å². The number of hydrogen-bond acceptors (Lipinski definition) is 4. The van der Waals surface area contributed by atoms with Gasteiger partial charge in [-0.2, -0.15) is 0 Å². The third-order valence-electron chi connectivity index (χ3n) is 4.04. The van der Waals surface area contributed by atoms with Crippen LogP contribution in [0, 0.1) is 11.8 Å². The molecule has 3 rings (SSSR count). The highest BCUT2D eigenvalue weighted by Gasteiger charge is 2.25. The first-order chi connectivity index (χ1) is 15.0. The van der Waals surface area contributed by atoms with Gasteiger partial charge in [0.2, 0.25) is 10.0 Å². The van der Waals surface area contributed by atoms with Crippen LogP contribution in [0.2, 0.25) is 5.02 Å². The quantitative estimate of drug-likeness (QED) is 0.554. The number of pyridine rings is 1. The Labute approximate surface area is 193 Å². The average Bonchev–Trinajstić information content (AvgIpc) is 2.72. The van der Waals surface area contributed by atoms with Gasteiger partial charge < -0.3 is 5.32 Å². The summed E-state index contributed by atoms with van der Waals surface area (Å²) in [6, 6.07) is 16.6. The molecule has 0 bridgehead atoms. The summed E-state index contributed by atoms with van der Waals surface area (Å²) in [6.45, 7) is 5.16. The van der Waals surface area contributed by atoms with Crippen LogP contribution in [0.3, 0.4) is 0 Å². The SMILES string of the molecule is CC(C)(C)NS(=O)(=O)c1cc(C(=O)Nc2cccc(C#Cc3ccccn3)c2)ccc1Cl. The summed E-state index contributed by atoms with van der Waals surface area (Å²) < 4.78 is 27.9. The fourth-order valence-corrected chi connectivity index (χ4v) is 4.70. The number of anilines is 1. The number of rotatable bonds is 4. The van der Waals surface area contributed by atoms with Gasteiger partial charge in [-0.3, -0.25) is 4.79 Å². The van der Waals surface area contributed by atoms with Crippen molar-refractivity contribution in [1.82, 2.24) is 9.71 Å². The summed E-state index contributed by atoms with van der Waals surface area (Å²) in [5, 5.41) is 2.80. The van der Waals surface area contributed by atoms with Gasteiger partial charge in [-0.1, -0.05) is 29.7 Å². The zero-order chi connectivity index (χ0) is 23.4. The van der Waals surface area contributed by atoms with Gasteiger partial charge >= 0.3 is 0 Å². The van der Waals surface area contributed by atoms with E-state index in [4.69, 9.17) is 11.6 Å². The first-order valence-corrected chi connectivity index (χ1v) is 11.6. The van der Waals surface area contributed by atoms with E-state index in [1.807, 2.05) is 18.2 Å². The minimum Gasteiger partial charge on any atom is -0.322 e. The predicted molar refractivity (Wildman–Crippen MR) is 126 cm³/mol. The van der Waals surface area contributed by atoms with Crippen LogP contribution in [0.5, 0.6) is 0 Å². The van der Waals surface area contributed by atoms with Gasteiger partial charge in [-0.25, -0.2) is 18.1 Å². The second kappa shape index (κ2) is 9.53. The normalized spacial score (nSPS) is 11.4. The van der Waals surface area contributed by atoms with E-state index in [1.165, 1.54) is 18.2 Å². The number of halogens is 1. The number of carbonyl (C=O) groups is 1. The molecular formula is C24H22ClN3O3S. The smallest absolute Gasteiger partial charge is 0.255 e. The number of amides is 1. The summed E-state index contributed by atoms with van der Waals surface area (Å²) in [6.07, 6.45) is 1.66. The Hall–Kier alpha value is -3.18. The van der Waals surface area contributed by atoms with E-state index in [1.54, 1.807) is 51.2 Å². The van der Waals surface area contributed by atoms with Gasteiger partial charge in [-0.15, -0.1) is 0 Å². The molecule has 0 radical (unpaired) electrons. The molecular weight excluding hydrogens is 446 g/mol. The zero-order valence-electron chi connectivity index (χ0n) is 17.8. The minimum absolute atomic E-state index is 0.0325. The number of sulfonamides is 1. The van der Waals surface area contributed by atoms with Crippen LogP contribution < -0.4 is 10.0 Å². The van der Waals surface area contributed by atoms with Gasteiger partial charge in [0.15, 0.2) is 0 Å². The summed E-state index contributed by atoms with van der Waals surface area (Å²) in [7, 11) is -3.90. The fourth-order valence-electron chi connectivity index (χ4n) is 2.76. The van der Waals surface area contributed by atoms with E-state index >= 15 is 0 Å². The van der Waals surface area contributed by atoms with Crippen molar-refractivity contribution >= 4 is 33.2 Å². The maximum atomic E-state index is 12.8.